The maximum Gasteiger partial charge on any atom is 0.350 e. The first-order valence-electron chi connectivity index (χ1n) is 7.65. The molecule has 1 amide bonds. The van der Waals surface area contributed by atoms with E-state index in [1.807, 2.05) is 0 Å². The fraction of sp³-hybridized carbons (Fsp3) is 0.0588. The van der Waals surface area contributed by atoms with Gasteiger partial charge in [-0.05, 0) is 18.2 Å². The Hall–Kier alpha value is -2.10. The van der Waals surface area contributed by atoms with Crippen LogP contribution in [0.15, 0.2) is 30.3 Å². The predicted octanol–water partition coefficient (Wildman–Crippen LogP) is 6.22. The zero-order valence-electron chi connectivity index (χ0n) is 14.0. The van der Waals surface area contributed by atoms with Gasteiger partial charge in [-0.15, -0.1) is 11.3 Å². The number of carbonyl (C=O) groups excluding carboxylic acids is 2. The summed E-state index contributed by atoms with van der Waals surface area (Å²) in [5.41, 5.74) is -0.238. The van der Waals surface area contributed by atoms with Crippen LogP contribution in [0.5, 0.6) is 0 Å². The minimum Gasteiger partial charge on any atom is -0.451 e. The first kappa shape index (κ1) is 21.6. The summed E-state index contributed by atoms with van der Waals surface area (Å²) in [4.78, 5) is 34.6. The van der Waals surface area contributed by atoms with Crippen LogP contribution in [-0.2, 0) is 9.53 Å². The minimum absolute atomic E-state index is 0.0169. The van der Waals surface area contributed by atoms with Crippen LogP contribution in [0.1, 0.15) is 9.67 Å². The van der Waals surface area contributed by atoms with Gasteiger partial charge in [-0.3, -0.25) is 14.9 Å². The molecule has 0 aliphatic carbocycles. The fourth-order valence-corrected chi connectivity index (χ4v) is 4.78. The Bertz CT molecular complexity index is 1160. The molecule has 29 heavy (non-hydrogen) atoms. The van der Waals surface area contributed by atoms with Gasteiger partial charge in [0.15, 0.2) is 6.61 Å². The molecule has 0 spiro atoms. The summed E-state index contributed by atoms with van der Waals surface area (Å²) in [5.74, 6) is -1.57. The molecule has 0 bridgehead atoms. The number of rotatable bonds is 5. The molecule has 3 aromatic rings. The van der Waals surface area contributed by atoms with Crippen molar-refractivity contribution in [3.8, 4) is 0 Å². The van der Waals surface area contributed by atoms with Gasteiger partial charge in [0, 0.05) is 27.2 Å². The van der Waals surface area contributed by atoms with E-state index in [1.54, 1.807) is 6.07 Å². The quantitative estimate of drug-likeness (QED) is 0.258. The maximum atomic E-state index is 12.3. The first-order chi connectivity index (χ1) is 13.7. The highest BCUT2D eigenvalue weighted by atomic mass is 35.5. The number of amides is 1. The number of halogens is 4. The van der Waals surface area contributed by atoms with E-state index in [9.17, 15) is 19.7 Å². The Morgan fingerprint density at radius 2 is 1.83 bits per heavy atom. The number of nitro benzene ring substituents is 1. The number of hydrogen-bond donors (Lipinski definition) is 1. The van der Waals surface area contributed by atoms with Crippen molar-refractivity contribution in [2.24, 2.45) is 0 Å². The largest absolute Gasteiger partial charge is 0.451 e. The normalized spacial score (nSPS) is 10.8. The van der Waals surface area contributed by atoms with Gasteiger partial charge in [-0.25, -0.2) is 4.79 Å². The molecule has 0 saturated heterocycles. The second kappa shape index (κ2) is 8.73. The summed E-state index contributed by atoms with van der Waals surface area (Å²) < 4.78 is 5.57. The molecule has 0 aliphatic rings. The van der Waals surface area contributed by atoms with Crippen molar-refractivity contribution in [3.05, 3.63) is 65.4 Å². The number of carbonyl (C=O) groups is 2. The van der Waals surface area contributed by atoms with Gasteiger partial charge < -0.3 is 10.1 Å². The molecule has 0 atom stereocenters. The first-order valence-corrected chi connectivity index (χ1v) is 9.98. The van der Waals surface area contributed by atoms with Crippen LogP contribution in [0.4, 0.5) is 11.4 Å². The molecule has 3 rings (SSSR count). The van der Waals surface area contributed by atoms with Gasteiger partial charge in [-0.2, -0.15) is 0 Å². The predicted molar refractivity (Wildman–Crippen MR) is 114 cm³/mol. The zero-order valence-corrected chi connectivity index (χ0v) is 17.8. The van der Waals surface area contributed by atoms with E-state index in [0.29, 0.717) is 15.1 Å². The summed E-state index contributed by atoms with van der Waals surface area (Å²) in [6.07, 6.45) is 0. The molecule has 0 saturated carbocycles. The van der Waals surface area contributed by atoms with Gasteiger partial charge in [0.1, 0.15) is 4.88 Å². The van der Waals surface area contributed by atoms with Crippen LogP contribution >= 0.6 is 57.7 Å². The number of esters is 1. The number of nitrogens with one attached hydrogen (secondary N) is 1. The van der Waals surface area contributed by atoms with E-state index in [2.05, 4.69) is 5.32 Å². The van der Waals surface area contributed by atoms with E-state index < -0.39 is 23.4 Å². The number of thiophene rings is 1. The third-order valence-corrected chi connectivity index (χ3v) is 6.06. The number of nitrogens with zero attached hydrogens (tertiary/aromatic N) is 1. The summed E-state index contributed by atoms with van der Waals surface area (Å²) in [5, 5.41) is 14.5. The highest BCUT2D eigenvalue weighted by Crippen LogP contribution is 2.41. The Balaban J connectivity index is 1.71. The van der Waals surface area contributed by atoms with Crippen molar-refractivity contribution in [2.45, 2.75) is 0 Å². The highest BCUT2D eigenvalue weighted by Gasteiger charge is 2.22. The van der Waals surface area contributed by atoms with Crippen LogP contribution in [-0.4, -0.2) is 23.4 Å². The molecule has 0 radical (unpaired) electrons. The van der Waals surface area contributed by atoms with Gasteiger partial charge in [0.2, 0.25) is 0 Å². The summed E-state index contributed by atoms with van der Waals surface area (Å²) >= 11 is 25.2. The van der Waals surface area contributed by atoms with E-state index in [-0.39, 0.29) is 31.3 Å². The second-order valence-electron chi connectivity index (χ2n) is 5.55. The smallest absolute Gasteiger partial charge is 0.350 e. The van der Waals surface area contributed by atoms with E-state index in [1.165, 1.54) is 18.2 Å². The van der Waals surface area contributed by atoms with E-state index in [4.69, 9.17) is 51.1 Å². The van der Waals surface area contributed by atoms with Crippen molar-refractivity contribution >= 4 is 91.1 Å². The fourth-order valence-electron chi connectivity index (χ4n) is 2.35. The van der Waals surface area contributed by atoms with E-state index in [0.717, 1.165) is 17.4 Å². The van der Waals surface area contributed by atoms with Gasteiger partial charge in [0.05, 0.1) is 25.7 Å². The number of benzene rings is 2. The molecule has 1 aromatic heterocycles. The molecule has 7 nitrogen and oxygen atoms in total. The van der Waals surface area contributed by atoms with Crippen LogP contribution in [0, 0.1) is 10.1 Å². The molecule has 0 aliphatic heterocycles. The number of ether oxygens (including phenoxy) is 1. The van der Waals surface area contributed by atoms with Gasteiger partial charge in [0.25, 0.3) is 11.6 Å². The summed E-state index contributed by atoms with van der Waals surface area (Å²) in [6, 6.07) is 6.66. The standard InChI is InChI=1S/C17H8Cl4N2O5S/c18-7-3-10(20)14-12(4-7)29-16(15(14)21)17(25)28-6-13(24)22-11-5-8(23(26)27)1-2-9(11)19/h1-5H,6H2,(H,22,24). The molecule has 0 unspecified atom stereocenters. The SMILES string of the molecule is O=C(COC(=O)c1sc2cc(Cl)cc(Cl)c2c1Cl)Nc1cc([N+](=O)[O-])ccc1Cl. The monoisotopic (exact) mass is 492 g/mol. The van der Waals surface area contributed by atoms with Crippen molar-refractivity contribution in [1.82, 2.24) is 0 Å². The van der Waals surface area contributed by atoms with Gasteiger partial charge >= 0.3 is 5.97 Å². The van der Waals surface area contributed by atoms with Crippen LogP contribution < -0.4 is 5.32 Å². The van der Waals surface area contributed by atoms with Crippen molar-refractivity contribution in [2.75, 3.05) is 11.9 Å². The Morgan fingerprint density at radius 3 is 2.52 bits per heavy atom. The molecule has 12 heteroatoms. The van der Waals surface area contributed by atoms with Gasteiger partial charge in [-0.1, -0.05) is 46.4 Å². The zero-order chi connectivity index (χ0) is 21.3. The average molecular weight is 494 g/mol. The van der Waals surface area contributed by atoms with Crippen LogP contribution in [0.2, 0.25) is 20.1 Å². The van der Waals surface area contributed by atoms with Crippen molar-refractivity contribution < 1.29 is 19.2 Å². The lowest BCUT2D eigenvalue weighted by molar-refractivity contribution is -0.384. The highest BCUT2D eigenvalue weighted by molar-refractivity contribution is 7.21. The number of anilines is 1. The third kappa shape index (κ3) is 4.73. The molecular weight excluding hydrogens is 486 g/mol. The Kier molecular flexibility index (Phi) is 6.50. The number of fused-ring (bicyclic) bond motifs is 1. The molecule has 1 heterocycles. The molecule has 2 aromatic carbocycles. The second-order valence-corrected chi connectivity index (χ2v) is 8.23. The summed E-state index contributed by atoms with van der Waals surface area (Å²) in [7, 11) is 0. The Morgan fingerprint density at radius 1 is 1.10 bits per heavy atom. The molecule has 1 N–H and O–H groups in total. The Labute approximate surface area is 187 Å². The summed E-state index contributed by atoms with van der Waals surface area (Å²) in [6.45, 7) is -0.656. The molecule has 150 valence electrons. The molecular formula is C17H8Cl4N2O5S. The van der Waals surface area contributed by atoms with Crippen molar-refractivity contribution in [3.63, 3.8) is 0 Å². The maximum absolute atomic E-state index is 12.3. The lowest BCUT2D eigenvalue weighted by atomic mass is 10.2. The van der Waals surface area contributed by atoms with Crippen molar-refractivity contribution in [1.29, 1.82) is 0 Å². The lowest BCUT2D eigenvalue weighted by Gasteiger charge is -2.07. The topological polar surface area (TPSA) is 98.5 Å². The third-order valence-electron chi connectivity index (χ3n) is 3.60. The number of hydrogen-bond acceptors (Lipinski definition) is 6. The van der Waals surface area contributed by atoms with Crippen LogP contribution in [0.3, 0.4) is 0 Å². The minimum atomic E-state index is -0.830. The van der Waals surface area contributed by atoms with Crippen LogP contribution in [0.25, 0.3) is 10.1 Å². The number of non-ortho nitro benzene ring substituents is 1. The van der Waals surface area contributed by atoms with E-state index >= 15 is 0 Å². The lowest BCUT2D eigenvalue weighted by Crippen LogP contribution is -2.21. The average Bonchev–Trinajstić information content (AvgIpc) is 2.98. The molecule has 0 fully saturated rings. The number of nitro groups is 1.